The molecule has 1 aromatic rings. The van der Waals surface area contributed by atoms with Crippen LogP contribution >= 0.6 is 0 Å². The first-order valence-electron chi connectivity index (χ1n) is 7.91. The van der Waals surface area contributed by atoms with E-state index in [1.165, 1.54) is 5.56 Å². The molecule has 2 fully saturated rings. The number of fused-ring (bicyclic) bond motifs is 2. The van der Waals surface area contributed by atoms with Gasteiger partial charge < -0.3 is 4.74 Å². The van der Waals surface area contributed by atoms with Gasteiger partial charge in [0.05, 0.1) is 5.92 Å². The minimum Gasteiger partial charge on any atom is -0.462 e. The summed E-state index contributed by atoms with van der Waals surface area (Å²) >= 11 is 0. The largest absolute Gasteiger partial charge is 0.462 e. The first-order valence-corrected chi connectivity index (χ1v) is 7.91. The SMILES string of the molecule is CC(Cc1ccccc1)OC(=O)C1CC2CCC(C1)C2=O. The van der Waals surface area contributed by atoms with E-state index in [4.69, 9.17) is 4.74 Å². The van der Waals surface area contributed by atoms with Gasteiger partial charge in [0, 0.05) is 18.3 Å². The van der Waals surface area contributed by atoms with Gasteiger partial charge in [-0.2, -0.15) is 0 Å². The van der Waals surface area contributed by atoms with Crippen molar-refractivity contribution < 1.29 is 14.3 Å². The fourth-order valence-electron chi connectivity index (χ4n) is 3.75. The molecule has 0 aliphatic heterocycles. The monoisotopic (exact) mass is 286 g/mol. The maximum Gasteiger partial charge on any atom is 0.309 e. The maximum absolute atomic E-state index is 12.3. The number of hydrogen-bond acceptors (Lipinski definition) is 3. The second kappa shape index (κ2) is 6.00. The number of Topliss-reactive ketones (excluding diaryl/α,β-unsaturated/α-hetero) is 1. The number of esters is 1. The van der Waals surface area contributed by atoms with Gasteiger partial charge in [0.2, 0.25) is 0 Å². The number of benzene rings is 1. The molecule has 0 radical (unpaired) electrons. The molecule has 3 rings (SSSR count). The molecule has 0 spiro atoms. The highest BCUT2D eigenvalue weighted by molar-refractivity contribution is 5.88. The Kier molecular flexibility index (Phi) is 4.09. The van der Waals surface area contributed by atoms with Crippen LogP contribution in [0.4, 0.5) is 0 Å². The molecule has 3 nitrogen and oxygen atoms in total. The Morgan fingerprint density at radius 2 is 1.81 bits per heavy atom. The number of ether oxygens (including phenoxy) is 1. The Bertz CT molecular complexity index is 507. The molecule has 0 saturated heterocycles. The smallest absolute Gasteiger partial charge is 0.309 e. The van der Waals surface area contributed by atoms with Crippen LogP contribution in [0.25, 0.3) is 0 Å². The molecule has 2 saturated carbocycles. The molecule has 2 aliphatic rings. The van der Waals surface area contributed by atoms with Crippen LogP contribution in [0.2, 0.25) is 0 Å². The summed E-state index contributed by atoms with van der Waals surface area (Å²) in [5.74, 6) is 0.439. The standard InChI is InChI=1S/C18H22O3/c1-12(9-13-5-3-2-4-6-13)21-18(20)16-10-14-7-8-15(11-16)17(14)19/h2-6,12,14-16H,7-11H2,1H3. The number of ketones is 1. The van der Waals surface area contributed by atoms with Crippen LogP contribution in [0.3, 0.4) is 0 Å². The van der Waals surface area contributed by atoms with Crippen molar-refractivity contribution in [1.29, 1.82) is 0 Å². The quantitative estimate of drug-likeness (QED) is 0.798. The summed E-state index contributed by atoms with van der Waals surface area (Å²) in [6.07, 6.45) is 3.96. The van der Waals surface area contributed by atoms with E-state index in [1.54, 1.807) is 0 Å². The molecule has 2 aliphatic carbocycles. The fourth-order valence-corrected chi connectivity index (χ4v) is 3.75. The third-order valence-corrected chi connectivity index (χ3v) is 4.82. The minimum atomic E-state index is -0.116. The van der Waals surface area contributed by atoms with Crippen molar-refractivity contribution in [2.75, 3.05) is 0 Å². The van der Waals surface area contributed by atoms with Crippen LogP contribution in [0.5, 0.6) is 0 Å². The van der Waals surface area contributed by atoms with E-state index in [0.29, 0.717) is 18.6 Å². The van der Waals surface area contributed by atoms with Crippen molar-refractivity contribution in [2.24, 2.45) is 17.8 Å². The summed E-state index contributed by atoms with van der Waals surface area (Å²) in [5, 5.41) is 0. The van der Waals surface area contributed by atoms with Gasteiger partial charge in [-0.05, 0) is 38.2 Å². The van der Waals surface area contributed by atoms with Gasteiger partial charge in [0.25, 0.3) is 0 Å². The topological polar surface area (TPSA) is 43.4 Å². The van der Waals surface area contributed by atoms with Crippen molar-refractivity contribution in [3.63, 3.8) is 0 Å². The summed E-state index contributed by atoms with van der Waals surface area (Å²) in [6.45, 7) is 1.94. The Balaban J connectivity index is 1.53. The average molecular weight is 286 g/mol. The zero-order chi connectivity index (χ0) is 14.8. The molecule has 112 valence electrons. The highest BCUT2D eigenvalue weighted by Gasteiger charge is 2.44. The van der Waals surface area contributed by atoms with Crippen LogP contribution in [-0.4, -0.2) is 17.9 Å². The van der Waals surface area contributed by atoms with Gasteiger partial charge in [-0.3, -0.25) is 9.59 Å². The minimum absolute atomic E-state index is 0.0709. The van der Waals surface area contributed by atoms with E-state index in [0.717, 1.165) is 19.3 Å². The first kappa shape index (κ1) is 14.3. The van der Waals surface area contributed by atoms with Crippen molar-refractivity contribution >= 4 is 11.8 Å². The highest BCUT2D eigenvalue weighted by atomic mass is 16.5. The summed E-state index contributed by atoms with van der Waals surface area (Å²) in [7, 11) is 0. The molecular weight excluding hydrogens is 264 g/mol. The number of carbonyl (C=O) groups excluding carboxylic acids is 2. The lowest BCUT2D eigenvalue weighted by atomic mass is 9.80. The molecule has 2 bridgehead atoms. The molecular formula is C18H22O3. The van der Waals surface area contributed by atoms with Crippen LogP contribution < -0.4 is 0 Å². The second-order valence-electron chi connectivity index (χ2n) is 6.48. The average Bonchev–Trinajstić information content (AvgIpc) is 2.70. The van der Waals surface area contributed by atoms with Gasteiger partial charge in [0.1, 0.15) is 11.9 Å². The second-order valence-corrected chi connectivity index (χ2v) is 6.48. The van der Waals surface area contributed by atoms with Crippen molar-refractivity contribution in [3.05, 3.63) is 35.9 Å². The Morgan fingerprint density at radius 1 is 1.19 bits per heavy atom. The molecule has 1 aromatic carbocycles. The van der Waals surface area contributed by atoms with E-state index in [-0.39, 0.29) is 29.8 Å². The molecule has 21 heavy (non-hydrogen) atoms. The predicted molar refractivity (Wildman–Crippen MR) is 79.6 cm³/mol. The van der Waals surface area contributed by atoms with Crippen LogP contribution in [0.15, 0.2) is 30.3 Å². The summed E-state index contributed by atoms with van der Waals surface area (Å²) < 4.78 is 5.60. The third-order valence-electron chi connectivity index (χ3n) is 4.82. The van der Waals surface area contributed by atoms with Crippen LogP contribution in [-0.2, 0) is 20.7 Å². The summed E-state index contributed by atoms with van der Waals surface area (Å²) in [6, 6.07) is 10.1. The van der Waals surface area contributed by atoms with Gasteiger partial charge in [-0.25, -0.2) is 0 Å². The van der Waals surface area contributed by atoms with E-state index < -0.39 is 0 Å². The third kappa shape index (κ3) is 3.17. The summed E-state index contributed by atoms with van der Waals surface area (Å²) in [5.41, 5.74) is 1.18. The lowest BCUT2D eigenvalue weighted by Gasteiger charge is -2.26. The van der Waals surface area contributed by atoms with E-state index in [2.05, 4.69) is 0 Å². The Hall–Kier alpha value is -1.64. The summed E-state index contributed by atoms with van der Waals surface area (Å²) in [4.78, 5) is 24.2. The number of rotatable bonds is 4. The highest BCUT2D eigenvalue weighted by Crippen LogP contribution is 2.42. The van der Waals surface area contributed by atoms with E-state index in [9.17, 15) is 9.59 Å². The molecule has 0 amide bonds. The Morgan fingerprint density at radius 3 is 2.43 bits per heavy atom. The lowest BCUT2D eigenvalue weighted by Crippen LogP contribution is -2.33. The van der Waals surface area contributed by atoms with Crippen molar-refractivity contribution in [2.45, 2.75) is 45.1 Å². The zero-order valence-electron chi connectivity index (χ0n) is 12.5. The predicted octanol–water partition coefficient (Wildman–Crippen LogP) is 3.17. The first-order chi connectivity index (χ1) is 10.1. The zero-order valence-corrected chi connectivity index (χ0v) is 12.5. The van der Waals surface area contributed by atoms with Gasteiger partial charge in [-0.1, -0.05) is 30.3 Å². The molecule has 3 unspecified atom stereocenters. The molecule has 3 atom stereocenters. The fraction of sp³-hybridized carbons (Fsp3) is 0.556. The molecule has 0 aromatic heterocycles. The number of carbonyl (C=O) groups is 2. The molecule has 0 heterocycles. The van der Waals surface area contributed by atoms with E-state index in [1.807, 2.05) is 37.3 Å². The van der Waals surface area contributed by atoms with Crippen LogP contribution in [0.1, 0.15) is 38.2 Å². The molecule has 0 N–H and O–H groups in total. The normalized spacial score (nSPS) is 29.2. The maximum atomic E-state index is 12.3. The molecule has 3 heteroatoms. The Labute approximate surface area is 125 Å². The van der Waals surface area contributed by atoms with Gasteiger partial charge in [-0.15, -0.1) is 0 Å². The van der Waals surface area contributed by atoms with Crippen molar-refractivity contribution in [1.82, 2.24) is 0 Å². The lowest BCUT2D eigenvalue weighted by molar-refractivity contribution is -0.155. The van der Waals surface area contributed by atoms with Crippen molar-refractivity contribution in [3.8, 4) is 0 Å². The van der Waals surface area contributed by atoms with E-state index >= 15 is 0 Å². The number of hydrogen-bond donors (Lipinski definition) is 0. The van der Waals surface area contributed by atoms with Crippen LogP contribution in [0, 0.1) is 17.8 Å². The van der Waals surface area contributed by atoms with Gasteiger partial charge in [0.15, 0.2) is 0 Å². The van der Waals surface area contributed by atoms with Gasteiger partial charge >= 0.3 is 5.97 Å².